The number of tetrazole rings is 1. The summed E-state index contributed by atoms with van der Waals surface area (Å²) in [5, 5.41) is 20.4. The number of piperidine rings is 1. The Morgan fingerprint density at radius 3 is 2.65 bits per heavy atom. The third kappa shape index (κ3) is 1.90. The summed E-state index contributed by atoms with van der Waals surface area (Å²) in [6.07, 6.45) is 4.62. The summed E-state index contributed by atoms with van der Waals surface area (Å²) < 4.78 is 1.44. The average Bonchev–Trinajstić information content (AvgIpc) is 2.86. The molecular formula is C10H15N5O2. The quantitative estimate of drug-likeness (QED) is 0.727. The first-order valence-corrected chi connectivity index (χ1v) is 5.94. The van der Waals surface area contributed by atoms with Crippen LogP contribution in [0.2, 0.25) is 0 Å². The van der Waals surface area contributed by atoms with Gasteiger partial charge in [-0.15, -0.1) is 5.10 Å². The van der Waals surface area contributed by atoms with Crippen LogP contribution < -0.4 is 0 Å². The van der Waals surface area contributed by atoms with Crippen molar-refractivity contribution in [3.8, 4) is 0 Å². The van der Waals surface area contributed by atoms with Crippen molar-refractivity contribution in [2.45, 2.75) is 50.4 Å². The number of nitrogens with zero attached hydrogens (tertiary/aromatic N) is 5. The van der Waals surface area contributed by atoms with Gasteiger partial charge in [0, 0.05) is 12.1 Å². The van der Waals surface area contributed by atoms with Crippen LogP contribution in [0.3, 0.4) is 0 Å². The van der Waals surface area contributed by atoms with Gasteiger partial charge >= 0.3 is 0 Å². The summed E-state index contributed by atoms with van der Waals surface area (Å²) in [6.45, 7) is 0.191. The number of hydrogen-bond donors (Lipinski definition) is 1. The number of carbonyl (C=O) groups excluding carboxylic acids is 1. The van der Waals surface area contributed by atoms with Crippen LogP contribution >= 0.6 is 0 Å². The average molecular weight is 237 g/mol. The molecule has 2 aliphatic heterocycles. The highest BCUT2D eigenvalue weighted by molar-refractivity contribution is 5.77. The van der Waals surface area contributed by atoms with Gasteiger partial charge in [-0.25, -0.2) is 4.68 Å². The van der Waals surface area contributed by atoms with Crippen molar-refractivity contribution in [1.82, 2.24) is 25.1 Å². The highest BCUT2D eigenvalue weighted by atomic mass is 16.3. The molecule has 1 aromatic rings. The Labute approximate surface area is 98.4 Å². The minimum atomic E-state index is -0.246. The molecular weight excluding hydrogens is 222 g/mol. The van der Waals surface area contributed by atoms with Gasteiger partial charge in [-0.3, -0.25) is 4.79 Å². The van der Waals surface area contributed by atoms with Crippen molar-refractivity contribution in [1.29, 1.82) is 0 Å². The molecule has 92 valence electrons. The summed E-state index contributed by atoms with van der Waals surface area (Å²) in [4.78, 5) is 14.1. The zero-order valence-electron chi connectivity index (χ0n) is 9.44. The largest absolute Gasteiger partial charge is 0.393 e. The lowest BCUT2D eigenvalue weighted by Gasteiger charge is -2.37. The Bertz CT molecular complexity index is 393. The number of amides is 1. The highest BCUT2D eigenvalue weighted by Crippen LogP contribution is 2.35. The maximum absolute atomic E-state index is 12.2. The van der Waals surface area contributed by atoms with Gasteiger partial charge in [0.05, 0.1) is 6.10 Å². The Balaban J connectivity index is 1.70. The van der Waals surface area contributed by atoms with Crippen LogP contribution in [0.4, 0.5) is 0 Å². The van der Waals surface area contributed by atoms with Crippen molar-refractivity contribution in [2.75, 3.05) is 0 Å². The van der Waals surface area contributed by atoms with E-state index in [0.717, 1.165) is 12.8 Å². The molecule has 1 aromatic heterocycles. The molecule has 2 aliphatic rings. The molecule has 0 aliphatic carbocycles. The van der Waals surface area contributed by atoms with Gasteiger partial charge in [0.2, 0.25) is 5.91 Å². The topological polar surface area (TPSA) is 84.1 Å². The molecule has 2 saturated heterocycles. The molecule has 2 fully saturated rings. The van der Waals surface area contributed by atoms with Crippen LogP contribution in [-0.2, 0) is 11.3 Å². The first-order chi connectivity index (χ1) is 8.24. The fraction of sp³-hybridized carbons (Fsp3) is 0.800. The van der Waals surface area contributed by atoms with Crippen LogP contribution in [0.25, 0.3) is 0 Å². The number of aliphatic hydroxyl groups excluding tert-OH is 1. The zero-order valence-corrected chi connectivity index (χ0v) is 9.44. The predicted octanol–water partition coefficient (Wildman–Crippen LogP) is -0.813. The molecule has 7 heteroatoms. The van der Waals surface area contributed by atoms with E-state index in [1.54, 1.807) is 0 Å². The Morgan fingerprint density at radius 1 is 1.35 bits per heavy atom. The molecule has 2 unspecified atom stereocenters. The molecule has 0 aromatic carbocycles. The van der Waals surface area contributed by atoms with Gasteiger partial charge in [0.1, 0.15) is 12.9 Å². The van der Waals surface area contributed by atoms with Crippen molar-refractivity contribution < 1.29 is 9.90 Å². The molecule has 0 spiro atoms. The van der Waals surface area contributed by atoms with Crippen LogP contribution in [0.1, 0.15) is 25.7 Å². The van der Waals surface area contributed by atoms with E-state index in [1.165, 1.54) is 11.0 Å². The molecule has 3 rings (SSSR count). The van der Waals surface area contributed by atoms with Gasteiger partial charge in [-0.1, -0.05) is 0 Å². The number of aliphatic hydroxyl groups is 1. The van der Waals surface area contributed by atoms with Gasteiger partial charge < -0.3 is 10.0 Å². The standard InChI is InChI=1S/C10H15N5O2/c16-9-3-7-1-2-8(4-9)15(7)10(17)5-14-6-11-12-13-14/h6-9,16H,1-5H2. The number of rotatable bonds is 2. The van der Waals surface area contributed by atoms with Crippen LogP contribution in [0, 0.1) is 0 Å². The normalized spacial score (nSPS) is 31.8. The van der Waals surface area contributed by atoms with Crippen molar-refractivity contribution in [2.24, 2.45) is 0 Å². The van der Waals surface area contributed by atoms with E-state index in [1.807, 2.05) is 4.90 Å². The maximum Gasteiger partial charge on any atom is 0.244 e. The van der Waals surface area contributed by atoms with Gasteiger partial charge in [0.15, 0.2) is 0 Å². The Hall–Kier alpha value is -1.50. The molecule has 7 nitrogen and oxygen atoms in total. The van der Waals surface area contributed by atoms with Crippen LogP contribution in [0.15, 0.2) is 6.33 Å². The van der Waals surface area contributed by atoms with Gasteiger partial charge in [-0.05, 0) is 36.1 Å². The number of hydrogen-bond acceptors (Lipinski definition) is 5. The summed E-state index contributed by atoms with van der Waals surface area (Å²) in [5.74, 6) is 0.0525. The van der Waals surface area contributed by atoms with Crippen molar-refractivity contribution in [3.63, 3.8) is 0 Å². The molecule has 3 heterocycles. The summed E-state index contributed by atoms with van der Waals surface area (Å²) in [6, 6.07) is 0.403. The molecule has 2 bridgehead atoms. The molecule has 0 saturated carbocycles. The molecule has 1 amide bonds. The van der Waals surface area contributed by atoms with E-state index in [-0.39, 0.29) is 30.6 Å². The fourth-order valence-corrected chi connectivity index (χ4v) is 3.03. The first kappa shape index (κ1) is 10.6. The van der Waals surface area contributed by atoms with Crippen LogP contribution in [-0.4, -0.2) is 54.3 Å². The SMILES string of the molecule is O=C(Cn1cnnn1)N1C2CCC1CC(O)C2. The third-order valence-corrected chi connectivity index (χ3v) is 3.68. The summed E-state index contributed by atoms with van der Waals surface area (Å²) in [7, 11) is 0. The molecule has 17 heavy (non-hydrogen) atoms. The third-order valence-electron chi connectivity index (χ3n) is 3.68. The lowest BCUT2D eigenvalue weighted by atomic mass is 10.00. The van der Waals surface area contributed by atoms with E-state index in [4.69, 9.17) is 0 Å². The molecule has 1 N–H and O–H groups in total. The van der Waals surface area contributed by atoms with Gasteiger partial charge in [0.25, 0.3) is 0 Å². The van der Waals surface area contributed by atoms with E-state index in [9.17, 15) is 9.90 Å². The molecule has 2 atom stereocenters. The maximum atomic E-state index is 12.2. The fourth-order valence-electron chi connectivity index (χ4n) is 3.03. The minimum absolute atomic E-state index is 0.0525. The monoisotopic (exact) mass is 237 g/mol. The molecule has 0 radical (unpaired) electrons. The number of fused-ring (bicyclic) bond motifs is 2. The Kier molecular flexibility index (Phi) is 2.54. The summed E-state index contributed by atoms with van der Waals surface area (Å²) >= 11 is 0. The van der Waals surface area contributed by atoms with E-state index in [2.05, 4.69) is 15.5 Å². The predicted molar refractivity (Wildman–Crippen MR) is 56.7 cm³/mol. The minimum Gasteiger partial charge on any atom is -0.393 e. The lowest BCUT2D eigenvalue weighted by molar-refractivity contribution is -0.138. The smallest absolute Gasteiger partial charge is 0.244 e. The lowest BCUT2D eigenvalue weighted by Crippen LogP contribution is -2.49. The van der Waals surface area contributed by atoms with Gasteiger partial charge in [-0.2, -0.15) is 0 Å². The van der Waals surface area contributed by atoms with Crippen molar-refractivity contribution in [3.05, 3.63) is 6.33 Å². The second-order valence-corrected chi connectivity index (χ2v) is 4.82. The van der Waals surface area contributed by atoms with E-state index in [0.29, 0.717) is 12.8 Å². The second kappa shape index (κ2) is 4.06. The highest BCUT2D eigenvalue weighted by Gasteiger charge is 2.42. The van der Waals surface area contributed by atoms with Crippen LogP contribution in [0.5, 0.6) is 0 Å². The second-order valence-electron chi connectivity index (χ2n) is 4.82. The number of carbonyl (C=O) groups is 1. The summed E-state index contributed by atoms with van der Waals surface area (Å²) in [5.41, 5.74) is 0. The van der Waals surface area contributed by atoms with Crippen molar-refractivity contribution >= 4 is 5.91 Å². The first-order valence-electron chi connectivity index (χ1n) is 5.94. The number of aromatic nitrogens is 4. The Morgan fingerprint density at radius 2 is 2.06 bits per heavy atom. The van der Waals surface area contributed by atoms with E-state index < -0.39 is 0 Å². The zero-order chi connectivity index (χ0) is 11.8. The van der Waals surface area contributed by atoms with E-state index >= 15 is 0 Å².